The molecule has 0 spiro atoms. The van der Waals surface area contributed by atoms with E-state index < -0.39 is 27.4 Å². The zero-order valence-electron chi connectivity index (χ0n) is 24.9. The molecule has 6 N–H and O–H groups in total. The van der Waals surface area contributed by atoms with Crippen molar-refractivity contribution in [3.63, 3.8) is 0 Å². The van der Waals surface area contributed by atoms with Gasteiger partial charge in [-0.15, -0.1) is 12.4 Å². The van der Waals surface area contributed by atoms with Crippen LogP contribution in [0.15, 0.2) is 59.5 Å². The Bertz CT molecular complexity index is 1320. The Morgan fingerprint density at radius 2 is 1.65 bits per heavy atom. The number of nitrogens with one attached hydrogen (secondary N) is 3. The zero-order valence-corrected chi connectivity index (χ0v) is 26.6. The largest absolute Gasteiger partial charge is 0.481 e. The first-order valence-corrected chi connectivity index (χ1v) is 15.9. The van der Waals surface area contributed by atoms with Crippen LogP contribution in [0.3, 0.4) is 0 Å². The lowest BCUT2D eigenvalue weighted by molar-refractivity contribution is -0.137. The Labute approximate surface area is 261 Å². The van der Waals surface area contributed by atoms with Crippen LogP contribution in [0.5, 0.6) is 0 Å². The Morgan fingerprint density at radius 3 is 2.28 bits per heavy atom. The molecule has 1 amide bonds. The average Bonchev–Trinajstić information content (AvgIpc) is 2.97. The highest BCUT2D eigenvalue weighted by molar-refractivity contribution is 7.89. The molecule has 43 heavy (non-hydrogen) atoms. The first kappa shape index (κ1) is 36.0. The first-order chi connectivity index (χ1) is 19.9. The molecular formula is C30H45ClN6O5S. The quantitative estimate of drug-likeness (QED) is 0.113. The lowest BCUT2D eigenvalue weighted by Crippen LogP contribution is -2.55. The minimum absolute atomic E-state index is 0. The molecule has 0 unspecified atom stereocenters. The van der Waals surface area contributed by atoms with E-state index in [0.717, 1.165) is 24.1 Å². The van der Waals surface area contributed by atoms with Crippen LogP contribution in [-0.4, -0.2) is 86.5 Å². The van der Waals surface area contributed by atoms with Crippen molar-refractivity contribution in [2.45, 2.75) is 62.3 Å². The number of nitrogens with two attached hydrogens (primary N) is 1. The number of carboxylic acids is 1. The average molecular weight is 637 g/mol. The molecule has 2 aromatic carbocycles. The molecule has 13 heteroatoms. The fourth-order valence-electron chi connectivity index (χ4n) is 5.11. The topological polar surface area (TPSA) is 169 Å². The van der Waals surface area contributed by atoms with E-state index in [0.29, 0.717) is 45.6 Å². The number of nitrogens with zero attached hydrogens (tertiary/aromatic N) is 2. The smallest absolute Gasteiger partial charge is 0.303 e. The molecular weight excluding hydrogens is 592 g/mol. The number of aliphatic carboxylic acids is 1. The summed E-state index contributed by atoms with van der Waals surface area (Å²) >= 11 is 0. The van der Waals surface area contributed by atoms with Crippen molar-refractivity contribution in [1.29, 1.82) is 5.41 Å². The maximum Gasteiger partial charge on any atom is 0.303 e. The van der Waals surface area contributed by atoms with Gasteiger partial charge < -0.3 is 21.1 Å². The van der Waals surface area contributed by atoms with E-state index in [2.05, 4.69) is 14.9 Å². The number of carbonyl (C=O) groups is 2. The van der Waals surface area contributed by atoms with E-state index in [9.17, 15) is 18.0 Å². The number of hydrogen-bond acceptors (Lipinski definition) is 6. The molecule has 1 aliphatic heterocycles. The molecule has 1 heterocycles. The molecule has 1 aliphatic rings. The summed E-state index contributed by atoms with van der Waals surface area (Å²) < 4.78 is 29.9. The Hall–Kier alpha value is -3.19. The van der Waals surface area contributed by atoms with Crippen LogP contribution >= 0.6 is 12.4 Å². The van der Waals surface area contributed by atoms with Gasteiger partial charge in [0.25, 0.3) is 0 Å². The number of rotatable bonds is 15. The summed E-state index contributed by atoms with van der Waals surface area (Å²) in [5.41, 5.74) is 6.83. The predicted octanol–water partition coefficient (Wildman–Crippen LogP) is 2.74. The fraction of sp³-hybridized carbons (Fsp3) is 0.500. The van der Waals surface area contributed by atoms with Crippen molar-refractivity contribution < 1.29 is 23.1 Å². The van der Waals surface area contributed by atoms with Crippen LogP contribution in [0.25, 0.3) is 0 Å². The summed E-state index contributed by atoms with van der Waals surface area (Å²) in [5.74, 6) is -1.27. The molecule has 1 fully saturated rings. The summed E-state index contributed by atoms with van der Waals surface area (Å²) in [6.45, 7) is 7.39. The molecule has 11 nitrogen and oxygen atoms in total. The van der Waals surface area contributed by atoms with Gasteiger partial charge in [-0.2, -0.15) is 4.72 Å². The SMILES string of the molecule is CC(C)(c1ccccc1)c1cccc(S(=O)(=O)N[C@@H](CCCNC(=N)N)C(=O)N2CCN(CCCCC(=O)O)CC2)c1.Cl. The molecule has 1 atom stereocenters. The van der Waals surface area contributed by atoms with Crippen molar-refractivity contribution in [2.75, 3.05) is 39.3 Å². The Balaban J connectivity index is 0.00000645. The van der Waals surface area contributed by atoms with E-state index in [1.54, 1.807) is 17.0 Å². The van der Waals surface area contributed by atoms with Crippen molar-refractivity contribution in [2.24, 2.45) is 5.73 Å². The van der Waals surface area contributed by atoms with Gasteiger partial charge in [-0.25, -0.2) is 8.42 Å². The summed E-state index contributed by atoms with van der Waals surface area (Å²) in [7, 11) is -4.04. The van der Waals surface area contributed by atoms with E-state index in [4.69, 9.17) is 16.2 Å². The fourth-order valence-corrected chi connectivity index (χ4v) is 6.38. The van der Waals surface area contributed by atoms with Gasteiger partial charge in [0.2, 0.25) is 15.9 Å². The number of hydrogen-bond donors (Lipinski definition) is 5. The molecule has 3 rings (SSSR count). The number of carboxylic acid groups (broad SMARTS) is 1. The van der Waals surface area contributed by atoms with Gasteiger partial charge in [0.05, 0.1) is 4.90 Å². The van der Waals surface area contributed by atoms with Crippen molar-refractivity contribution in [3.8, 4) is 0 Å². The third kappa shape index (κ3) is 10.8. The summed E-state index contributed by atoms with van der Waals surface area (Å²) in [6.07, 6.45) is 2.19. The van der Waals surface area contributed by atoms with Crippen LogP contribution in [0.2, 0.25) is 0 Å². The van der Waals surface area contributed by atoms with Gasteiger partial charge in [0, 0.05) is 44.6 Å². The van der Waals surface area contributed by atoms with Gasteiger partial charge >= 0.3 is 5.97 Å². The van der Waals surface area contributed by atoms with E-state index in [-0.39, 0.29) is 42.0 Å². The number of sulfonamides is 1. The van der Waals surface area contributed by atoms with Crippen LogP contribution in [0, 0.1) is 5.41 Å². The van der Waals surface area contributed by atoms with Crippen LogP contribution < -0.4 is 15.8 Å². The molecule has 0 aromatic heterocycles. The highest BCUT2D eigenvalue weighted by Gasteiger charge is 2.32. The van der Waals surface area contributed by atoms with E-state index in [1.165, 1.54) is 6.07 Å². The first-order valence-electron chi connectivity index (χ1n) is 14.4. The Morgan fingerprint density at radius 1 is 1.00 bits per heavy atom. The molecule has 0 radical (unpaired) electrons. The summed E-state index contributed by atoms with van der Waals surface area (Å²) in [4.78, 5) is 28.3. The third-order valence-electron chi connectivity index (χ3n) is 7.74. The van der Waals surface area contributed by atoms with Gasteiger partial charge in [-0.1, -0.05) is 56.3 Å². The minimum atomic E-state index is -4.04. The normalized spacial score (nSPS) is 14.9. The Kier molecular flexibility index (Phi) is 13.9. The molecule has 0 bridgehead atoms. The van der Waals surface area contributed by atoms with E-state index in [1.807, 2.05) is 50.2 Å². The number of unbranched alkanes of at least 4 members (excludes halogenated alkanes) is 1. The predicted molar refractivity (Wildman–Crippen MR) is 170 cm³/mol. The lowest BCUT2D eigenvalue weighted by Gasteiger charge is -2.36. The second kappa shape index (κ2) is 16.6. The van der Waals surface area contributed by atoms with Gasteiger partial charge in [0.15, 0.2) is 5.96 Å². The lowest BCUT2D eigenvalue weighted by atomic mass is 9.78. The number of benzene rings is 2. The summed E-state index contributed by atoms with van der Waals surface area (Å²) in [5, 5.41) is 18.9. The van der Waals surface area contributed by atoms with Gasteiger partial charge in [-0.05, 0) is 55.5 Å². The number of halogens is 1. The van der Waals surface area contributed by atoms with Crippen molar-refractivity contribution >= 4 is 40.3 Å². The molecule has 238 valence electrons. The molecule has 2 aromatic rings. The zero-order chi connectivity index (χ0) is 30.8. The van der Waals surface area contributed by atoms with Gasteiger partial charge in [-0.3, -0.25) is 19.9 Å². The van der Waals surface area contributed by atoms with Crippen LogP contribution in [-0.2, 0) is 25.0 Å². The van der Waals surface area contributed by atoms with Crippen molar-refractivity contribution in [3.05, 3.63) is 65.7 Å². The highest BCUT2D eigenvalue weighted by Crippen LogP contribution is 2.32. The number of carbonyl (C=O) groups excluding carboxylic acids is 1. The minimum Gasteiger partial charge on any atom is -0.481 e. The van der Waals surface area contributed by atoms with Gasteiger partial charge in [0.1, 0.15) is 6.04 Å². The molecule has 0 aliphatic carbocycles. The maximum absolute atomic E-state index is 13.6. The number of piperazine rings is 1. The maximum atomic E-state index is 13.6. The van der Waals surface area contributed by atoms with Crippen molar-refractivity contribution in [1.82, 2.24) is 19.8 Å². The van der Waals surface area contributed by atoms with E-state index >= 15 is 0 Å². The monoisotopic (exact) mass is 636 g/mol. The highest BCUT2D eigenvalue weighted by atomic mass is 35.5. The number of guanidine groups is 1. The van der Waals surface area contributed by atoms with Crippen LogP contribution in [0.4, 0.5) is 0 Å². The molecule has 0 saturated carbocycles. The standard InChI is InChI=1S/C30H44N6O5S.ClH/c1-30(2,23-10-4-3-5-11-23)24-12-8-13-25(22-24)42(40,41)34-26(14-9-16-33-29(31)32)28(39)36-20-18-35(19-21-36)17-7-6-15-27(37)38;/h3-5,8,10-13,22,26,34H,6-7,9,14-21H2,1-2H3,(H,37,38)(H4,31,32,33);1H/t26-;/m0./s1. The second-order valence-corrected chi connectivity index (χ2v) is 12.9. The summed E-state index contributed by atoms with van der Waals surface area (Å²) in [6, 6.07) is 15.7. The van der Waals surface area contributed by atoms with Crippen LogP contribution in [0.1, 0.15) is 57.1 Å². The second-order valence-electron chi connectivity index (χ2n) is 11.2. The third-order valence-corrected chi connectivity index (χ3v) is 9.21. The molecule has 1 saturated heterocycles. The number of amides is 1.